The molecular formula is C13H27N3O. The Bertz CT molecular complexity index is 231. The van der Waals surface area contributed by atoms with Crippen molar-refractivity contribution in [2.75, 3.05) is 46.9 Å². The van der Waals surface area contributed by atoms with Gasteiger partial charge < -0.3 is 15.0 Å². The van der Waals surface area contributed by atoms with Gasteiger partial charge in [0.15, 0.2) is 0 Å². The summed E-state index contributed by atoms with van der Waals surface area (Å²) in [5.41, 5.74) is 0. The molecule has 3 unspecified atom stereocenters. The Morgan fingerprint density at radius 1 is 1.47 bits per heavy atom. The summed E-state index contributed by atoms with van der Waals surface area (Å²) in [5.74, 6) is 0. The SMILES string of the molecule is CC(C1CNCCO1)N(C)C1CCCN(C)C1. The van der Waals surface area contributed by atoms with Gasteiger partial charge in [0.25, 0.3) is 0 Å². The van der Waals surface area contributed by atoms with Crippen molar-refractivity contribution in [3.05, 3.63) is 0 Å². The third kappa shape index (κ3) is 3.41. The van der Waals surface area contributed by atoms with E-state index in [1.807, 2.05) is 0 Å². The van der Waals surface area contributed by atoms with E-state index in [2.05, 4.69) is 36.1 Å². The highest BCUT2D eigenvalue weighted by atomic mass is 16.5. The van der Waals surface area contributed by atoms with Gasteiger partial charge in [-0.1, -0.05) is 0 Å². The molecule has 0 radical (unpaired) electrons. The van der Waals surface area contributed by atoms with E-state index >= 15 is 0 Å². The minimum absolute atomic E-state index is 0.348. The number of morpholine rings is 1. The highest BCUT2D eigenvalue weighted by molar-refractivity contribution is 4.85. The maximum atomic E-state index is 5.86. The number of likely N-dealkylation sites (N-methyl/N-ethyl adjacent to an activating group) is 2. The Hall–Kier alpha value is -0.160. The largest absolute Gasteiger partial charge is 0.374 e. The topological polar surface area (TPSA) is 27.7 Å². The van der Waals surface area contributed by atoms with Crippen LogP contribution in [0.3, 0.4) is 0 Å². The lowest BCUT2D eigenvalue weighted by molar-refractivity contribution is -0.0364. The predicted octanol–water partition coefficient (Wildman–Crippen LogP) is 0.389. The van der Waals surface area contributed by atoms with Gasteiger partial charge >= 0.3 is 0 Å². The average Bonchev–Trinajstić information content (AvgIpc) is 2.38. The van der Waals surface area contributed by atoms with E-state index in [1.165, 1.54) is 25.9 Å². The van der Waals surface area contributed by atoms with Crippen LogP contribution in [0.15, 0.2) is 0 Å². The fourth-order valence-corrected chi connectivity index (χ4v) is 2.96. The van der Waals surface area contributed by atoms with Gasteiger partial charge in [-0.15, -0.1) is 0 Å². The predicted molar refractivity (Wildman–Crippen MR) is 70.4 cm³/mol. The van der Waals surface area contributed by atoms with E-state index in [-0.39, 0.29) is 0 Å². The van der Waals surface area contributed by atoms with Crippen molar-refractivity contribution in [1.29, 1.82) is 0 Å². The lowest BCUT2D eigenvalue weighted by atomic mass is 10.0. The van der Waals surface area contributed by atoms with Crippen molar-refractivity contribution < 1.29 is 4.74 Å². The maximum absolute atomic E-state index is 5.86. The molecule has 3 atom stereocenters. The van der Waals surface area contributed by atoms with Crippen LogP contribution in [0.5, 0.6) is 0 Å². The second kappa shape index (κ2) is 6.14. The summed E-state index contributed by atoms with van der Waals surface area (Å²) in [6, 6.07) is 1.19. The minimum atomic E-state index is 0.348. The molecule has 2 rings (SSSR count). The Balaban J connectivity index is 1.86. The molecule has 17 heavy (non-hydrogen) atoms. The fourth-order valence-electron chi connectivity index (χ4n) is 2.96. The molecule has 4 nitrogen and oxygen atoms in total. The van der Waals surface area contributed by atoms with Crippen molar-refractivity contribution in [3.8, 4) is 0 Å². The third-order valence-corrected chi connectivity index (χ3v) is 4.31. The van der Waals surface area contributed by atoms with Gasteiger partial charge in [-0.25, -0.2) is 0 Å². The molecule has 0 bridgehead atoms. The van der Waals surface area contributed by atoms with Gasteiger partial charge in [0.05, 0.1) is 12.7 Å². The second-order valence-electron chi connectivity index (χ2n) is 5.58. The molecule has 0 aromatic heterocycles. The van der Waals surface area contributed by atoms with Crippen LogP contribution in [-0.4, -0.2) is 74.9 Å². The van der Waals surface area contributed by atoms with Crippen LogP contribution in [-0.2, 0) is 4.74 Å². The molecule has 2 aliphatic rings. The first kappa shape index (κ1) is 13.3. The van der Waals surface area contributed by atoms with Crippen LogP contribution in [0.25, 0.3) is 0 Å². The molecule has 0 aromatic carbocycles. The van der Waals surface area contributed by atoms with Crippen molar-refractivity contribution >= 4 is 0 Å². The molecule has 2 aliphatic heterocycles. The zero-order chi connectivity index (χ0) is 12.3. The van der Waals surface area contributed by atoms with Crippen LogP contribution in [0, 0.1) is 0 Å². The quantitative estimate of drug-likeness (QED) is 0.773. The van der Waals surface area contributed by atoms with E-state index in [4.69, 9.17) is 4.74 Å². The summed E-state index contributed by atoms with van der Waals surface area (Å²) < 4.78 is 5.86. The van der Waals surface area contributed by atoms with Gasteiger partial charge in [0, 0.05) is 31.7 Å². The molecule has 0 aromatic rings. The molecular weight excluding hydrogens is 214 g/mol. The summed E-state index contributed by atoms with van der Waals surface area (Å²) in [6.07, 6.45) is 2.99. The Labute approximate surface area is 105 Å². The number of nitrogens with one attached hydrogen (secondary N) is 1. The van der Waals surface area contributed by atoms with E-state index < -0.39 is 0 Å². The van der Waals surface area contributed by atoms with E-state index in [0.29, 0.717) is 18.2 Å². The Morgan fingerprint density at radius 2 is 2.29 bits per heavy atom. The number of rotatable bonds is 3. The number of nitrogens with zero attached hydrogens (tertiary/aromatic N) is 2. The van der Waals surface area contributed by atoms with Gasteiger partial charge in [0.1, 0.15) is 0 Å². The summed E-state index contributed by atoms with van der Waals surface area (Å²) >= 11 is 0. The average molecular weight is 241 g/mol. The highest BCUT2D eigenvalue weighted by Gasteiger charge is 2.29. The summed E-state index contributed by atoms with van der Waals surface area (Å²) in [6.45, 7) is 7.59. The lowest BCUT2D eigenvalue weighted by Gasteiger charge is -2.42. The number of piperidine rings is 1. The molecule has 100 valence electrons. The van der Waals surface area contributed by atoms with Crippen LogP contribution < -0.4 is 5.32 Å². The summed E-state index contributed by atoms with van der Waals surface area (Å²) in [7, 11) is 4.48. The number of hydrogen-bond donors (Lipinski definition) is 1. The minimum Gasteiger partial charge on any atom is -0.374 e. The monoisotopic (exact) mass is 241 g/mol. The van der Waals surface area contributed by atoms with E-state index in [0.717, 1.165) is 19.7 Å². The Morgan fingerprint density at radius 3 is 2.94 bits per heavy atom. The number of ether oxygens (including phenoxy) is 1. The van der Waals surface area contributed by atoms with Crippen LogP contribution in [0.4, 0.5) is 0 Å². The maximum Gasteiger partial charge on any atom is 0.0852 e. The van der Waals surface area contributed by atoms with Crippen LogP contribution >= 0.6 is 0 Å². The smallest absolute Gasteiger partial charge is 0.0852 e. The van der Waals surface area contributed by atoms with Crippen molar-refractivity contribution in [3.63, 3.8) is 0 Å². The molecule has 4 heteroatoms. The number of likely N-dealkylation sites (tertiary alicyclic amines) is 1. The first-order valence-corrected chi connectivity index (χ1v) is 6.91. The van der Waals surface area contributed by atoms with Crippen molar-refractivity contribution in [2.24, 2.45) is 0 Å². The van der Waals surface area contributed by atoms with E-state index in [9.17, 15) is 0 Å². The van der Waals surface area contributed by atoms with Gasteiger partial charge in [-0.2, -0.15) is 0 Å². The van der Waals surface area contributed by atoms with Gasteiger partial charge in [-0.05, 0) is 40.4 Å². The molecule has 2 saturated heterocycles. The zero-order valence-electron chi connectivity index (χ0n) is 11.5. The van der Waals surface area contributed by atoms with Crippen LogP contribution in [0.2, 0.25) is 0 Å². The molecule has 0 saturated carbocycles. The molecule has 0 aliphatic carbocycles. The van der Waals surface area contributed by atoms with Crippen molar-refractivity contribution in [2.45, 2.75) is 38.0 Å². The molecule has 2 fully saturated rings. The first-order chi connectivity index (χ1) is 8.18. The highest BCUT2D eigenvalue weighted by Crippen LogP contribution is 2.18. The zero-order valence-corrected chi connectivity index (χ0v) is 11.5. The van der Waals surface area contributed by atoms with Crippen molar-refractivity contribution in [1.82, 2.24) is 15.1 Å². The molecule has 1 N–H and O–H groups in total. The standard InChI is InChI=1S/C13H27N3O/c1-11(13-9-14-6-8-17-13)16(3)12-5-4-7-15(2)10-12/h11-14H,4-10H2,1-3H3. The fraction of sp³-hybridized carbons (Fsp3) is 1.00. The first-order valence-electron chi connectivity index (χ1n) is 6.91. The molecule has 2 heterocycles. The molecule has 0 amide bonds. The molecule has 0 spiro atoms. The number of hydrogen-bond acceptors (Lipinski definition) is 4. The van der Waals surface area contributed by atoms with Gasteiger partial charge in [-0.3, -0.25) is 4.90 Å². The van der Waals surface area contributed by atoms with Crippen LogP contribution in [0.1, 0.15) is 19.8 Å². The Kier molecular flexibility index (Phi) is 4.79. The summed E-state index contributed by atoms with van der Waals surface area (Å²) in [4.78, 5) is 4.96. The normalized spacial score (nSPS) is 33.9. The van der Waals surface area contributed by atoms with E-state index in [1.54, 1.807) is 0 Å². The second-order valence-corrected chi connectivity index (χ2v) is 5.58. The summed E-state index contributed by atoms with van der Waals surface area (Å²) in [5, 5.41) is 3.42. The lowest BCUT2D eigenvalue weighted by Crippen LogP contribution is -2.55. The third-order valence-electron chi connectivity index (χ3n) is 4.31. The van der Waals surface area contributed by atoms with Gasteiger partial charge in [0.2, 0.25) is 0 Å².